The summed E-state index contributed by atoms with van der Waals surface area (Å²) < 4.78 is 0. The number of hydrogen-bond donors (Lipinski definition) is 1. The molecule has 1 amide bonds. The lowest BCUT2D eigenvalue weighted by atomic mass is 10.0. The molecule has 1 heterocycles. The highest BCUT2D eigenvalue weighted by atomic mass is 16.1. The number of amides is 1. The molecular formula is C17H20N2O. The molecule has 3 nitrogen and oxygen atoms in total. The van der Waals surface area contributed by atoms with E-state index >= 15 is 0 Å². The van der Waals surface area contributed by atoms with Crippen molar-refractivity contribution in [2.75, 3.05) is 0 Å². The molecule has 3 heteroatoms. The molecule has 0 aliphatic heterocycles. The maximum absolute atomic E-state index is 11.9. The fourth-order valence-corrected chi connectivity index (χ4v) is 2.00. The number of nitrogens with one attached hydrogen (secondary N) is 1. The van der Waals surface area contributed by atoms with Crippen molar-refractivity contribution in [3.63, 3.8) is 0 Å². The molecule has 2 rings (SSSR count). The van der Waals surface area contributed by atoms with Gasteiger partial charge in [-0.15, -0.1) is 0 Å². The van der Waals surface area contributed by atoms with Crippen molar-refractivity contribution in [2.45, 2.75) is 32.7 Å². The van der Waals surface area contributed by atoms with Gasteiger partial charge in [0, 0.05) is 17.9 Å². The van der Waals surface area contributed by atoms with Gasteiger partial charge in [-0.1, -0.05) is 30.3 Å². The van der Waals surface area contributed by atoms with E-state index in [2.05, 4.69) is 10.3 Å². The number of benzene rings is 1. The van der Waals surface area contributed by atoms with Crippen LogP contribution in [-0.4, -0.2) is 16.4 Å². The first-order valence-electron chi connectivity index (χ1n) is 6.74. The molecule has 0 radical (unpaired) electrons. The zero-order valence-electron chi connectivity index (χ0n) is 12.2. The molecule has 0 spiro atoms. The van der Waals surface area contributed by atoms with Gasteiger partial charge in [-0.25, -0.2) is 0 Å². The molecule has 0 fully saturated rings. The number of carbonyl (C=O) groups is 1. The van der Waals surface area contributed by atoms with Crippen molar-refractivity contribution < 1.29 is 4.79 Å². The topological polar surface area (TPSA) is 42.0 Å². The van der Waals surface area contributed by atoms with E-state index in [0.717, 1.165) is 16.7 Å². The molecule has 0 saturated carbocycles. The first-order chi connectivity index (χ1) is 9.44. The lowest BCUT2D eigenvalue weighted by Crippen LogP contribution is -2.41. The van der Waals surface area contributed by atoms with E-state index in [1.165, 1.54) is 0 Å². The maximum atomic E-state index is 11.9. The van der Waals surface area contributed by atoms with Crippen molar-refractivity contribution in [3.8, 4) is 11.1 Å². The predicted molar refractivity (Wildman–Crippen MR) is 81.3 cm³/mol. The number of nitrogens with zero attached hydrogens (tertiary/aromatic N) is 1. The molecule has 0 aliphatic carbocycles. The van der Waals surface area contributed by atoms with Gasteiger partial charge in [-0.2, -0.15) is 0 Å². The normalized spacial score (nSPS) is 11.2. The zero-order chi connectivity index (χ0) is 14.6. The molecule has 20 heavy (non-hydrogen) atoms. The third-order valence-corrected chi connectivity index (χ3v) is 2.83. The molecule has 104 valence electrons. The summed E-state index contributed by atoms with van der Waals surface area (Å²) in [6.07, 6.45) is 4.00. The summed E-state index contributed by atoms with van der Waals surface area (Å²) in [4.78, 5) is 16.0. The second-order valence-corrected chi connectivity index (χ2v) is 5.91. The summed E-state index contributed by atoms with van der Waals surface area (Å²) in [6, 6.07) is 12.0. The lowest BCUT2D eigenvalue weighted by molar-refractivity contribution is -0.121. The lowest BCUT2D eigenvalue weighted by Gasteiger charge is -2.20. The van der Waals surface area contributed by atoms with Crippen molar-refractivity contribution in [1.29, 1.82) is 0 Å². The second-order valence-electron chi connectivity index (χ2n) is 5.91. The number of pyridine rings is 1. The summed E-state index contributed by atoms with van der Waals surface area (Å²) in [5.74, 6) is 0.0478. The first-order valence-corrected chi connectivity index (χ1v) is 6.74. The Morgan fingerprint density at radius 3 is 2.35 bits per heavy atom. The largest absolute Gasteiger partial charge is 0.351 e. The Morgan fingerprint density at radius 1 is 1.10 bits per heavy atom. The number of hydrogen-bond acceptors (Lipinski definition) is 2. The Bertz CT molecular complexity index is 568. The van der Waals surface area contributed by atoms with Crippen LogP contribution in [0.3, 0.4) is 0 Å². The SMILES string of the molecule is CC(C)(C)NC(=O)Cc1ccc(-c2cccnc2)cc1. The van der Waals surface area contributed by atoms with E-state index in [0.29, 0.717) is 6.42 Å². The molecule has 2 aromatic rings. The Hall–Kier alpha value is -2.16. The summed E-state index contributed by atoms with van der Waals surface area (Å²) >= 11 is 0. The second kappa shape index (κ2) is 5.87. The summed E-state index contributed by atoms with van der Waals surface area (Å²) in [6.45, 7) is 5.95. The van der Waals surface area contributed by atoms with E-state index in [9.17, 15) is 4.79 Å². The number of rotatable bonds is 3. The van der Waals surface area contributed by atoms with Crippen LogP contribution in [-0.2, 0) is 11.2 Å². The van der Waals surface area contributed by atoms with E-state index in [1.54, 1.807) is 6.20 Å². The van der Waals surface area contributed by atoms with Crippen LogP contribution in [0.15, 0.2) is 48.8 Å². The average molecular weight is 268 g/mol. The molecule has 1 aromatic carbocycles. The molecule has 0 unspecified atom stereocenters. The van der Waals surface area contributed by atoms with Gasteiger partial charge in [0.25, 0.3) is 0 Å². The minimum absolute atomic E-state index is 0.0478. The molecule has 1 aromatic heterocycles. The summed E-state index contributed by atoms with van der Waals surface area (Å²) in [7, 11) is 0. The van der Waals surface area contributed by atoms with Crippen LogP contribution in [0.1, 0.15) is 26.3 Å². The van der Waals surface area contributed by atoms with Gasteiger partial charge in [0.1, 0.15) is 0 Å². The average Bonchev–Trinajstić information content (AvgIpc) is 2.38. The molecule has 0 saturated heterocycles. The fourth-order valence-electron chi connectivity index (χ4n) is 2.00. The van der Waals surface area contributed by atoms with Gasteiger partial charge >= 0.3 is 0 Å². The van der Waals surface area contributed by atoms with Crippen LogP contribution in [0.25, 0.3) is 11.1 Å². The highest BCUT2D eigenvalue weighted by Gasteiger charge is 2.13. The van der Waals surface area contributed by atoms with Crippen LogP contribution in [0.5, 0.6) is 0 Å². The van der Waals surface area contributed by atoms with Gasteiger partial charge in [0.05, 0.1) is 6.42 Å². The molecular weight excluding hydrogens is 248 g/mol. The van der Waals surface area contributed by atoms with Gasteiger partial charge in [0.2, 0.25) is 5.91 Å². The van der Waals surface area contributed by atoms with Crippen LogP contribution < -0.4 is 5.32 Å². The molecule has 0 bridgehead atoms. The van der Waals surface area contributed by atoms with Crippen molar-refractivity contribution in [2.24, 2.45) is 0 Å². The minimum Gasteiger partial charge on any atom is -0.351 e. The van der Waals surface area contributed by atoms with Gasteiger partial charge in [0.15, 0.2) is 0 Å². The van der Waals surface area contributed by atoms with Crippen molar-refractivity contribution >= 4 is 5.91 Å². The maximum Gasteiger partial charge on any atom is 0.224 e. The molecule has 1 N–H and O–H groups in total. The van der Waals surface area contributed by atoms with E-state index in [1.807, 2.05) is 63.4 Å². The van der Waals surface area contributed by atoms with Gasteiger partial charge in [-0.05, 0) is 43.5 Å². The van der Waals surface area contributed by atoms with E-state index in [-0.39, 0.29) is 11.4 Å². The minimum atomic E-state index is -0.188. The van der Waals surface area contributed by atoms with Gasteiger partial charge < -0.3 is 5.32 Å². The monoisotopic (exact) mass is 268 g/mol. The Balaban J connectivity index is 2.04. The van der Waals surface area contributed by atoms with Crippen LogP contribution in [0.2, 0.25) is 0 Å². The fraction of sp³-hybridized carbons (Fsp3) is 0.294. The number of carbonyl (C=O) groups excluding carboxylic acids is 1. The Morgan fingerprint density at radius 2 is 1.80 bits per heavy atom. The van der Waals surface area contributed by atoms with Crippen LogP contribution in [0.4, 0.5) is 0 Å². The van der Waals surface area contributed by atoms with Crippen LogP contribution in [0, 0.1) is 0 Å². The highest BCUT2D eigenvalue weighted by molar-refractivity contribution is 5.79. The first kappa shape index (κ1) is 14.3. The quantitative estimate of drug-likeness (QED) is 0.928. The summed E-state index contributed by atoms with van der Waals surface area (Å²) in [5, 5.41) is 2.96. The Labute approximate surface area is 120 Å². The Kier molecular flexibility index (Phi) is 4.18. The zero-order valence-corrected chi connectivity index (χ0v) is 12.2. The third-order valence-electron chi connectivity index (χ3n) is 2.83. The number of aromatic nitrogens is 1. The van der Waals surface area contributed by atoms with Gasteiger partial charge in [-0.3, -0.25) is 9.78 Å². The smallest absolute Gasteiger partial charge is 0.224 e. The van der Waals surface area contributed by atoms with Crippen molar-refractivity contribution in [1.82, 2.24) is 10.3 Å². The molecule has 0 atom stereocenters. The van der Waals surface area contributed by atoms with E-state index < -0.39 is 0 Å². The van der Waals surface area contributed by atoms with E-state index in [4.69, 9.17) is 0 Å². The van der Waals surface area contributed by atoms with Crippen LogP contribution >= 0.6 is 0 Å². The predicted octanol–water partition coefficient (Wildman–Crippen LogP) is 3.21. The third kappa shape index (κ3) is 4.19. The summed E-state index contributed by atoms with van der Waals surface area (Å²) in [5.41, 5.74) is 3.02. The molecule has 0 aliphatic rings. The highest BCUT2D eigenvalue weighted by Crippen LogP contribution is 2.18. The van der Waals surface area contributed by atoms with Crippen molar-refractivity contribution in [3.05, 3.63) is 54.4 Å². The standard InChI is InChI=1S/C17H20N2O/c1-17(2,3)19-16(20)11-13-6-8-14(9-7-13)15-5-4-10-18-12-15/h4-10,12H,11H2,1-3H3,(H,19,20).